The van der Waals surface area contributed by atoms with Crippen LogP contribution in [0.5, 0.6) is 5.75 Å². The number of anilines is 1. The normalized spacial score (nSPS) is 16.4. The molecule has 0 bridgehead atoms. The van der Waals surface area contributed by atoms with E-state index in [0.717, 1.165) is 57.6 Å². The molecular weight excluding hydrogens is 494 g/mol. The van der Waals surface area contributed by atoms with E-state index in [4.69, 9.17) is 21.3 Å². The largest absolute Gasteiger partial charge is 0.492 e. The lowest BCUT2D eigenvalue weighted by atomic mass is 9.97. The van der Waals surface area contributed by atoms with Gasteiger partial charge in [0, 0.05) is 34.4 Å². The van der Waals surface area contributed by atoms with Crippen molar-refractivity contribution in [2.75, 3.05) is 18.5 Å². The molecule has 2 unspecified atom stereocenters. The maximum atomic E-state index is 9.64. The Morgan fingerprint density at radius 2 is 1.79 bits per heavy atom. The minimum atomic E-state index is -0.622. The summed E-state index contributed by atoms with van der Waals surface area (Å²) in [6.45, 7) is 7.65. The number of hydrogen-bond donors (Lipinski definition) is 3. The third-order valence-corrected chi connectivity index (χ3v) is 7.45. The molecular formula is C32H36ClN3O2. The molecule has 4 aromatic rings. The Morgan fingerprint density at radius 3 is 2.47 bits per heavy atom. The van der Waals surface area contributed by atoms with E-state index in [1.807, 2.05) is 36.5 Å². The Bertz CT molecular complexity index is 1390. The number of benzene rings is 3. The fourth-order valence-corrected chi connectivity index (χ4v) is 5.63. The van der Waals surface area contributed by atoms with Crippen LogP contribution in [0.4, 0.5) is 5.69 Å². The zero-order chi connectivity index (χ0) is 26.6. The van der Waals surface area contributed by atoms with E-state index in [9.17, 15) is 5.11 Å². The van der Waals surface area contributed by atoms with Gasteiger partial charge in [-0.1, -0.05) is 59.5 Å². The van der Waals surface area contributed by atoms with Gasteiger partial charge in [0.05, 0.1) is 17.1 Å². The fraction of sp³-hybridized carbons (Fsp3) is 0.344. The molecule has 1 aromatic heterocycles. The fourth-order valence-electron chi connectivity index (χ4n) is 5.36. The molecule has 0 aliphatic carbocycles. The standard InChI is InChI=1S/C32H36ClN3O2/c1-20-14-21(2)16-24(15-20)29-19-35-31-18-30(33)27(23-7-9-26(10-8-23)36-22(3)37)17-28(31)32(29)38-13-11-25-6-4-5-12-34-25/h7-10,14-19,22,25,34,36-37H,4-6,11-13H2,1-3H3. The van der Waals surface area contributed by atoms with Crippen LogP contribution in [0.2, 0.25) is 5.02 Å². The average Bonchev–Trinajstić information content (AvgIpc) is 2.88. The smallest absolute Gasteiger partial charge is 0.138 e. The van der Waals surface area contributed by atoms with Gasteiger partial charge in [-0.25, -0.2) is 0 Å². The number of halogens is 1. The molecule has 1 fully saturated rings. The van der Waals surface area contributed by atoms with E-state index in [-0.39, 0.29) is 0 Å². The highest BCUT2D eigenvalue weighted by Crippen LogP contribution is 2.41. The lowest BCUT2D eigenvalue weighted by Gasteiger charge is -2.24. The van der Waals surface area contributed by atoms with E-state index in [2.05, 4.69) is 48.7 Å². The Labute approximate surface area is 230 Å². The minimum absolute atomic E-state index is 0.500. The van der Waals surface area contributed by atoms with Crippen molar-refractivity contribution in [2.24, 2.45) is 0 Å². The van der Waals surface area contributed by atoms with Crippen molar-refractivity contribution in [3.63, 3.8) is 0 Å². The van der Waals surface area contributed by atoms with E-state index in [1.165, 1.54) is 30.4 Å². The SMILES string of the molecule is Cc1cc(C)cc(-c2cnc3cc(Cl)c(-c4ccc(NC(C)O)cc4)cc3c2OCCC2CCCCN2)c1. The molecule has 3 N–H and O–H groups in total. The molecule has 0 saturated carbocycles. The summed E-state index contributed by atoms with van der Waals surface area (Å²) in [6.07, 6.45) is 5.98. The van der Waals surface area contributed by atoms with Crippen LogP contribution in [-0.2, 0) is 0 Å². The molecule has 1 aliphatic heterocycles. The summed E-state index contributed by atoms with van der Waals surface area (Å²) in [5, 5.41) is 17.9. The Hall–Kier alpha value is -3.12. The van der Waals surface area contributed by atoms with Crippen molar-refractivity contribution in [3.05, 3.63) is 76.9 Å². The molecule has 6 heteroatoms. The lowest BCUT2D eigenvalue weighted by Crippen LogP contribution is -2.35. The predicted molar refractivity (Wildman–Crippen MR) is 158 cm³/mol. The van der Waals surface area contributed by atoms with Crippen LogP contribution < -0.4 is 15.4 Å². The number of fused-ring (bicyclic) bond motifs is 1. The van der Waals surface area contributed by atoms with Crippen molar-refractivity contribution in [2.45, 2.75) is 58.7 Å². The molecule has 0 spiro atoms. The number of aryl methyl sites for hydroxylation is 2. The third-order valence-electron chi connectivity index (χ3n) is 7.14. The number of aliphatic hydroxyl groups excluding tert-OH is 1. The van der Waals surface area contributed by atoms with Gasteiger partial charge in [-0.15, -0.1) is 0 Å². The van der Waals surface area contributed by atoms with Gasteiger partial charge in [0.2, 0.25) is 0 Å². The van der Waals surface area contributed by atoms with Crippen molar-refractivity contribution < 1.29 is 9.84 Å². The number of nitrogens with one attached hydrogen (secondary N) is 2. The van der Waals surface area contributed by atoms with E-state index < -0.39 is 6.23 Å². The minimum Gasteiger partial charge on any atom is -0.492 e. The van der Waals surface area contributed by atoms with Gasteiger partial charge in [0.1, 0.15) is 12.0 Å². The Morgan fingerprint density at radius 1 is 1.03 bits per heavy atom. The van der Waals surface area contributed by atoms with E-state index >= 15 is 0 Å². The summed E-state index contributed by atoms with van der Waals surface area (Å²) in [5.41, 5.74) is 8.08. The maximum absolute atomic E-state index is 9.64. The van der Waals surface area contributed by atoms with Gasteiger partial charge in [-0.05, 0) is 82.0 Å². The molecule has 3 aromatic carbocycles. The summed E-state index contributed by atoms with van der Waals surface area (Å²) in [5.74, 6) is 0.848. The van der Waals surface area contributed by atoms with E-state index in [0.29, 0.717) is 17.7 Å². The van der Waals surface area contributed by atoms with Gasteiger partial charge in [-0.3, -0.25) is 4.98 Å². The molecule has 198 valence electrons. The van der Waals surface area contributed by atoms with Crippen LogP contribution in [0.15, 0.2) is 60.8 Å². The average molecular weight is 530 g/mol. The summed E-state index contributed by atoms with van der Waals surface area (Å²) in [7, 11) is 0. The zero-order valence-corrected chi connectivity index (χ0v) is 23.1. The van der Waals surface area contributed by atoms with Gasteiger partial charge in [0.25, 0.3) is 0 Å². The summed E-state index contributed by atoms with van der Waals surface area (Å²) < 4.78 is 6.62. The predicted octanol–water partition coefficient (Wildman–Crippen LogP) is 7.50. The first-order valence-electron chi connectivity index (χ1n) is 13.5. The summed E-state index contributed by atoms with van der Waals surface area (Å²) in [4.78, 5) is 4.80. The van der Waals surface area contributed by atoms with Crippen LogP contribution in [0.25, 0.3) is 33.2 Å². The van der Waals surface area contributed by atoms with Crippen molar-refractivity contribution in [1.29, 1.82) is 0 Å². The molecule has 0 radical (unpaired) electrons. The van der Waals surface area contributed by atoms with Crippen LogP contribution in [-0.4, -0.2) is 35.5 Å². The second-order valence-electron chi connectivity index (χ2n) is 10.4. The van der Waals surface area contributed by atoms with Gasteiger partial charge < -0.3 is 20.5 Å². The molecule has 2 atom stereocenters. The van der Waals surface area contributed by atoms with Crippen LogP contribution in [0.1, 0.15) is 43.7 Å². The molecule has 5 nitrogen and oxygen atoms in total. The Kier molecular flexibility index (Phi) is 8.18. The number of aliphatic hydroxyl groups is 1. The second-order valence-corrected chi connectivity index (χ2v) is 10.8. The van der Waals surface area contributed by atoms with Crippen molar-refractivity contribution in [3.8, 4) is 28.0 Å². The van der Waals surface area contributed by atoms with Crippen molar-refractivity contribution >= 4 is 28.2 Å². The molecule has 5 rings (SSSR count). The number of ether oxygens (including phenoxy) is 1. The third kappa shape index (κ3) is 6.12. The topological polar surface area (TPSA) is 66.4 Å². The highest BCUT2D eigenvalue weighted by atomic mass is 35.5. The highest BCUT2D eigenvalue weighted by Gasteiger charge is 2.18. The van der Waals surface area contributed by atoms with Crippen molar-refractivity contribution in [1.82, 2.24) is 10.3 Å². The highest BCUT2D eigenvalue weighted by molar-refractivity contribution is 6.34. The number of pyridine rings is 1. The second kappa shape index (κ2) is 11.7. The van der Waals surface area contributed by atoms with Gasteiger partial charge in [0.15, 0.2) is 0 Å². The monoisotopic (exact) mass is 529 g/mol. The molecule has 1 saturated heterocycles. The Balaban J connectivity index is 1.57. The quantitative estimate of drug-likeness (QED) is 0.206. The summed E-state index contributed by atoms with van der Waals surface area (Å²) in [6, 6.07) is 19.0. The number of hydrogen-bond acceptors (Lipinski definition) is 5. The van der Waals surface area contributed by atoms with Gasteiger partial charge in [-0.2, -0.15) is 0 Å². The van der Waals surface area contributed by atoms with Crippen LogP contribution in [0, 0.1) is 13.8 Å². The first-order valence-corrected chi connectivity index (χ1v) is 13.9. The van der Waals surface area contributed by atoms with Crippen LogP contribution >= 0.6 is 11.6 Å². The first-order chi connectivity index (χ1) is 18.4. The lowest BCUT2D eigenvalue weighted by molar-refractivity contribution is 0.224. The number of piperidine rings is 1. The molecule has 1 aliphatic rings. The molecule has 38 heavy (non-hydrogen) atoms. The van der Waals surface area contributed by atoms with Crippen LogP contribution in [0.3, 0.4) is 0 Å². The summed E-state index contributed by atoms with van der Waals surface area (Å²) >= 11 is 6.77. The number of nitrogens with zero attached hydrogens (tertiary/aromatic N) is 1. The van der Waals surface area contributed by atoms with Gasteiger partial charge >= 0.3 is 0 Å². The number of aromatic nitrogens is 1. The zero-order valence-electron chi connectivity index (χ0n) is 22.4. The number of rotatable bonds is 8. The first kappa shape index (κ1) is 26.5. The molecule has 2 heterocycles. The molecule has 0 amide bonds. The maximum Gasteiger partial charge on any atom is 0.138 e. The van der Waals surface area contributed by atoms with E-state index in [1.54, 1.807) is 6.92 Å².